The van der Waals surface area contributed by atoms with Crippen LogP contribution in [0.2, 0.25) is 0 Å². The van der Waals surface area contributed by atoms with Crippen LogP contribution in [-0.2, 0) is 19.2 Å². The van der Waals surface area contributed by atoms with E-state index in [-0.39, 0.29) is 12.2 Å². The zero-order chi connectivity index (χ0) is 14.4. The van der Waals surface area contributed by atoms with Crippen molar-refractivity contribution in [2.75, 3.05) is 0 Å². The fraction of sp³-hybridized carbons (Fsp3) is 0.923. The molecule has 0 radical (unpaired) electrons. The Kier molecular flexibility index (Phi) is 6.81. The van der Waals surface area contributed by atoms with Gasteiger partial charge in [-0.25, -0.2) is 4.89 Å². The summed E-state index contributed by atoms with van der Waals surface area (Å²) in [7, 11) is 0. The van der Waals surface area contributed by atoms with Crippen molar-refractivity contribution in [1.29, 1.82) is 0 Å². The lowest BCUT2D eigenvalue weighted by Gasteiger charge is -2.30. The molecule has 0 fully saturated rings. The highest BCUT2D eigenvalue weighted by Gasteiger charge is 2.27. The SMILES string of the molecule is CC(CC(C)(C)OO)OC(C)CC(C)(C)OC=O. The smallest absolute Gasteiger partial charge is 0.293 e. The fourth-order valence-electron chi connectivity index (χ4n) is 2.09. The van der Waals surface area contributed by atoms with Gasteiger partial charge in [0.25, 0.3) is 6.47 Å². The highest BCUT2D eigenvalue weighted by molar-refractivity contribution is 5.38. The molecule has 2 atom stereocenters. The summed E-state index contributed by atoms with van der Waals surface area (Å²) < 4.78 is 10.8. The molecule has 0 aromatic heterocycles. The molecule has 0 spiro atoms. The van der Waals surface area contributed by atoms with E-state index >= 15 is 0 Å². The molecule has 0 heterocycles. The molecule has 0 aliphatic rings. The number of carbonyl (C=O) groups is 1. The quantitative estimate of drug-likeness (QED) is 0.393. The Labute approximate surface area is 109 Å². The maximum Gasteiger partial charge on any atom is 0.293 e. The van der Waals surface area contributed by atoms with Gasteiger partial charge in [0, 0.05) is 12.8 Å². The summed E-state index contributed by atoms with van der Waals surface area (Å²) in [5.41, 5.74) is -1.17. The Morgan fingerprint density at radius 1 is 1.06 bits per heavy atom. The normalized spacial score (nSPS) is 16.2. The van der Waals surface area contributed by atoms with Crippen molar-refractivity contribution in [1.82, 2.24) is 0 Å². The standard InChI is InChI=1S/C13H26O5/c1-10(7-12(3,4)16-9-14)17-11(2)8-13(5,6)18-15/h9-11,15H,7-8H2,1-6H3. The van der Waals surface area contributed by atoms with E-state index in [0.29, 0.717) is 19.3 Å². The largest absolute Gasteiger partial charge is 0.462 e. The third-order valence-corrected chi connectivity index (χ3v) is 2.64. The number of ether oxygens (including phenoxy) is 2. The molecule has 108 valence electrons. The lowest BCUT2D eigenvalue weighted by Crippen LogP contribution is -2.34. The van der Waals surface area contributed by atoms with Crippen molar-refractivity contribution >= 4 is 6.47 Å². The number of hydrogen-bond donors (Lipinski definition) is 1. The molecule has 0 saturated heterocycles. The van der Waals surface area contributed by atoms with E-state index in [2.05, 4.69) is 4.89 Å². The number of carbonyl (C=O) groups excluding carboxylic acids is 1. The average molecular weight is 262 g/mol. The first-order valence-electron chi connectivity index (χ1n) is 6.21. The minimum absolute atomic E-state index is 0.0514. The van der Waals surface area contributed by atoms with E-state index in [0.717, 1.165) is 0 Å². The zero-order valence-corrected chi connectivity index (χ0v) is 12.2. The third-order valence-electron chi connectivity index (χ3n) is 2.64. The van der Waals surface area contributed by atoms with Crippen LogP contribution in [0.1, 0.15) is 54.4 Å². The molecule has 5 heteroatoms. The first-order chi connectivity index (χ1) is 8.12. The minimum atomic E-state index is -0.631. The van der Waals surface area contributed by atoms with Gasteiger partial charge in [-0.15, -0.1) is 0 Å². The molecular weight excluding hydrogens is 236 g/mol. The Balaban J connectivity index is 4.15. The summed E-state index contributed by atoms with van der Waals surface area (Å²) in [6, 6.07) is 0. The number of rotatable bonds is 9. The predicted molar refractivity (Wildman–Crippen MR) is 68.3 cm³/mol. The van der Waals surface area contributed by atoms with Gasteiger partial charge >= 0.3 is 0 Å². The van der Waals surface area contributed by atoms with E-state index in [4.69, 9.17) is 14.7 Å². The zero-order valence-electron chi connectivity index (χ0n) is 12.2. The van der Waals surface area contributed by atoms with Crippen LogP contribution in [0.5, 0.6) is 0 Å². The third kappa shape index (κ3) is 7.63. The maximum absolute atomic E-state index is 10.3. The molecule has 0 bridgehead atoms. The second-order valence-corrected chi connectivity index (χ2v) is 5.99. The van der Waals surface area contributed by atoms with Crippen LogP contribution >= 0.6 is 0 Å². The monoisotopic (exact) mass is 262 g/mol. The molecule has 2 unspecified atom stereocenters. The van der Waals surface area contributed by atoms with E-state index < -0.39 is 11.2 Å². The summed E-state index contributed by atoms with van der Waals surface area (Å²) in [5.74, 6) is 0. The molecule has 18 heavy (non-hydrogen) atoms. The van der Waals surface area contributed by atoms with Crippen LogP contribution in [0.3, 0.4) is 0 Å². The average Bonchev–Trinajstić information content (AvgIpc) is 2.14. The van der Waals surface area contributed by atoms with Crippen LogP contribution in [-0.4, -0.2) is 35.1 Å². The van der Waals surface area contributed by atoms with Gasteiger partial charge in [-0.2, -0.15) is 0 Å². The van der Waals surface area contributed by atoms with Gasteiger partial charge in [0.05, 0.1) is 12.2 Å². The molecule has 0 amide bonds. The van der Waals surface area contributed by atoms with E-state index in [1.165, 1.54) is 0 Å². The lowest BCUT2D eigenvalue weighted by atomic mass is 9.99. The highest BCUT2D eigenvalue weighted by atomic mass is 17.1. The van der Waals surface area contributed by atoms with Crippen molar-refractivity contribution in [2.45, 2.75) is 77.8 Å². The highest BCUT2D eigenvalue weighted by Crippen LogP contribution is 2.22. The second-order valence-electron chi connectivity index (χ2n) is 5.99. The van der Waals surface area contributed by atoms with E-state index in [9.17, 15) is 4.79 Å². The molecule has 0 aliphatic carbocycles. The Bertz CT molecular complexity index is 250. The van der Waals surface area contributed by atoms with Gasteiger partial charge in [-0.1, -0.05) is 0 Å². The predicted octanol–water partition coefficient (Wildman–Crippen LogP) is 2.78. The van der Waals surface area contributed by atoms with Crippen molar-refractivity contribution < 1.29 is 24.4 Å². The van der Waals surface area contributed by atoms with Gasteiger partial charge in [0.2, 0.25) is 0 Å². The number of hydrogen-bond acceptors (Lipinski definition) is 5. The van der Waals surface area contributed by atoms with Gasteiger partial charge in [-0.05, 0) is 41.5 Å². The summed E-state index contributed by atoms with van der Waals surface area (Å²) >= 11 is 0. The topological polar surface area (TPSA) is 65.0 Å². The van der Waals surface area contributed by atoms with E-state index in [1.54, 1.807) is 13.8 Å². The summed E-state index contributed by atoms with van der Waals surface area (Å²) in [5, 5.41) is 8.72. The summed E-state index contributed by atoms with van der Waals surface area (Å²) in [4.78, 5) is 14.7. The van der Waals surface area contributed by atoms with E-state index in [1.807, 2.05) is 27.7 Å². The Morgan fingerprint density at radius 2 is 1.50 bits per heavy atom. The Morgan fingerprint density at radius 3 is 1.89 bits per heavy atom. The van der Waals surface area contributed by atoms with Crippen LogP contribution in [0.4, 0.5) is 0 Å². The molecule has 0 aromatic rings. The van der Waals surface area contributed by atoms with Crippen molar-refractivity contribution in [3.63, 3.8) is 0 Å². The molecule has 0 rings (SSSR count). The first kappa shape index (κ1) is 17.4. The van der Waals surface area contributed by atoms with Crippen molar-refractivity contribution in [3.05, 3.63) is 0 Å². The van der Waals surface area contributed by atoms with Crippen LogP contribution in [0.15, 0.2) is 0 Å². The van der Waals surface area contributed by atoms with Gasteiger partial charge in [0.1, 0.15) is 11.2 Å². The van der Waals surface area contributed by atoms with Crippen molar-refractivity contribution in [2.24, 2.45) is 0 Å². The maximum atomic E-state index is 10.3. The van der Waals surface area contributed by atoms with Crippen LogP contribution in [0.25, 0.3) is 0 Å². The molecule has 0 saturated carbocycles. The lowest BCUT2D eigenvalue weighted by molar-refractivity contribution is -0.318. The molecule has 0 aromatic carbocycles. The van der Waals surface area contributed by atoms with Crippen molar-refractivity contribution in [3.8, 4) is 0 Å². The van der Waals surface area contributed by atoms with Gasteiger partial charge in [0.15, 0.2) is 0 Å². The molecule has 1 N–H and O–H groups in total. The second kappa shape index (κ2) is 7.07. The first-order valence-corrected chi connectivity index (χ1v) is 6.21. The molecule has 0 aliphatic heterocycles. The Hall–Kier alpha value is -0.650. The molecular formula is C13H26O5. The van der Waals surface area contributed by atoms with Gasteiger partial charge in [-0.3, -0.25) is 10.1 Å². The fourth-order valence-corrected chi connectivity index (χ4v) is 2.09. The van der Waals surface area contributed by atoms with Gasteiger partial charge < -0.3 is 9.47 Å². The van der Waals surface area contributed by atoms with Crippen LogP contribution < -0.4 is 0 Å². The van der Waals surface area contributed by atoms with Crippen LogP contribution in [0, 0.1) is 0 Å². The summed E-state index contributed by atoms with van der Waals surface area (Å²) in [6.45, 7) is 11.6. The molecule has 5 nitrogen and oxygen atoms in total. The summed E-state index contributed by atoms with van der Waals surface area (Å²) in [6.07, 6.45) is 1.07. The minimum Gasteiger partial charge on any atom is -0.462 e.